The highest BCUT2D eigenvalue weighted by Crippen LogP contribution is 2.21. The molecule has 0 unspecified atom stereocenters. The van der Waals surface area contributed by atoms with E-state index in [-0.39, 0.29) is 29.8 Å². The third-order valence-corrected chi connectivity index (χ3v) is 5.86. The standard InChI is InChI=1S/C22H21BrFN5O3S/c1-3-10-29-19(12-25-21(31)14-4-7-16(32-2)8-5-14)27-28-22(29)33-13-20(30)26-18-9-6-15(23)11-17(18)24/h3-9,11H,1,10,12-13H2,2H3,(H,25,31)(H,26,30). The van der Waals surface area contributed by atoms with Crippen molar-refractivity contribution in [1.82, 2.24) is 20.1 Å². The third kappa shape index (κ3) is 6.65. The minimum absolute atomic E-state index is 0.00296. The largest absolute Gasteiger partial charge is 0.497 e. The molecule has 8 nitrogen and oxygen atoms in total. The second-order valence-electron chi connectivity index (χ2n) is 6.67. The molecule has 0 spiro atoms. The predicted molar refractivity (Wildman–Crippen MR) is 128 cm³/mol. The summed E-state index contributed by atoms with van der Waals surface area (Å²) in [4.78, 5) is 24.7. The number of amides is 2. The summed E-state index contributed by atoms with van der Waals surface area (Å²) >= 11 is 4.33. The summed E-state index contributed by atoms with van der Waals surface area (Å²) < 4.78 is 21.3. The van der Waals surface area contributed by atoms with Crippen LogP contribution in [-0.2, 0) is 17.9 Å². The van der Waals surface area contributed by atoms with Gasteiger partial charge in [-0.1, -0.05) is 33.8 Å². The number of aromatic nitrogens is 3. The van der Waals surface area contributed by atoms with E-state index in [0.717, 1.165) is 11.8 Å². The van der Waals surface area contributed by atoms with Gasteiger partial charge in [0.15, 0.2) is 11.0 Å². The van der Waals surface area contributed by atoms with Crippen LogP contribution in [-0.4, -0.2) is 39.4 Å². The van der Waals surface area contributed by atoms with Gasteiger partial charge in [-0.05, 0) is 42.5 Å². The number of hydrogen-bond donors (Lipinski definition) is 2. The Kier molecular flexibility index (Phi) is 8.61. The number of rotatable bonds is 10. The number of halogens is 2. The van der Waals surface area contributed by atoms with Gasteiger partial charge in [-0.2, -0.15) is 0 Å². The van der Waals surface area contributed by atoms with Gasteiger partial charge in [-0.3, -0.25) is 9.59 Å². The molecular formula is C22H21BrFN5O3S. The van der Waals surface area contributed by atoms with Crippen LogP contribution >= 0.6 is 27.7 Å². The molecule has 0 saturated carbocycles. The number of methoxy groups -OCH3 is 1. The summed E-state index contributed by atoms with van der Waals surface area (Å²) in [6.45, 7) is 4.27. The number of hydrogen-bond acceptors (Lipinski definition) is 6. The van der Waals surface area contributed by atoms with E-state index in [0.29, 0.717) is 33.3 Å². The smallest absolute Gasteiger partial charge is 0.251 e. The van der Waals surface area contributed by atoms with E-state index in [1.807, 2.05) is 0 Å². The summed E-state index contributed by atoms with van der Waals surface area (Å²) in [5.41, 5.74) is 0.579. The van der Waals surface area contributed by atoms with Gasteiger partial charge in [0.25, 0.3) is 5.91 Å². The Morgan fingerprint density at radius 1 is 1.24 bits per heavy atom. The number of nitrogens with one attached hydrogen (secondary N) is 2. The molecule has 0 fully saturated rings. The number of benzene rings is 2. The highest BCUT2D eigenvalue weighted by molar-refractivity contribution is 9.10. The average Bonchev–Trinajstić information content (AvgIpc) is 3.19. The lowest BCUT2D eigenvalue weighted by Crippen LogP contribution is -2.24. The van der Waals surface area contributed by atoms with Crippen LogP contribution in [0, 0.1) is 5.82 Å². The van der Waals surface area contributed by atoms with Crippen LogP contribution in [0.15, 0.2) is 64.7 Å². The zero-order valence-corrected chi connectivity index (χ0v) is 20.1. The summed E-state index contributed by atoms with van der Waals surface area (Å²) in [5, 5.41) is 14.1. The fourth-order valence-corrected chi connectivity index (χ4v) is 3.88. The topological polar surface area (TPSA) is 98.1 Å². The van der Waals surface area contributed by atoms with Crippen LogP contribution in [0.25, 0.3) is 0 Å². The number of allylic oxidation sites excluding steroid dienone is 1. The second kappa shape index (κ2) is 11.6. The molecule has 3 rings (SSSR count). The van der Waals surface area contributed by atoms with Gasteiger partial charge in [-0.15, -0.1) is 16.8 Å². The lowest BCUT2D eigenvalue weighted by molar-refractivity contribution is -0.113. The van der Waals surface area contributed by atoms with Gasteiger partial charge in [-0.25, -0.2) is 4.39 Å². The van der Waals surface area contributed by atoms with Crippen molar-refractivity contribution in [3.05, 3.63) is 76.8 Å². The van der Waals surface area contributed by atoms with Crippen LogP contribution in [0.5, 0.6) is 5.75 Å². The van der Waals surface area contributed by atoms with Gasteiger partial charge in [0.1, 0.15) is 11.6 Å². The first-order valence-corrected chi connectivity index (χ1v) is 11.5. The maximum Gasteiger partial charge on any atom is 0.251 e. The van der Waals surface area contributed by atoms with Gasteiger partial charge in [0.05, 0.1) is 25.1 Å². The maximum absolute atomic E-state index is 13.9. The number of ether oxygens (including phenoxy) is 1. The molecule has 0 atom stereocenters. The van der Waals surface area contributed by atoms with Crippen LogP contribution in [0.4, 0.5) is 10.1 Å². The number of carbonyl (C=O) groups is 2. The molecule has 1 aromatic heterocycles. The van der Waals surface area contributed by atoms with E-state index in [9.17, 15) is 14.0 Å². The summed E-state index contributed by atoms with van der Waals surface area (Å²) in [6, 6.07) is 11.1. The van der Waals surface area contributed by atoms with E-state index in [1.54, 1.807) is 48.1 Å². The third-order valence-electron chi connectivity index (χ3n) is 4.40. The second-order valence-corrected chi connectivity index (χ2v) is 8.53. The highest BCUT2D eigenvalue weighted by Gasteiger charge is 2.16. The van der Waals surface area contributed by atoms with Crippen molar-refractivity contribution >= 4 is 45.2 Å². The van der Waals surface area contributed by atoms with Gasteiger partial charge in [0.2, 0.25) is 5.91 Å². The van der Waals surface area contributed by atoms with Crippen molar-refractivity contribution in [2.24, 2.45) is 0 Å². The molecule has 0 aliphatic rings. The van der Waals surface area contributed by atoms with Crippen LogP contribution < -0.4 is 15.4 Å². The molecule has 0 saturated heterocycles. The molecule has 0 aliphatic heterocycles. The first-order chi connectivity index (χ1) is 15.9. The monoisotopic (exact) mass is 533 g/mol. The summed E-state index contributed by atoms with van der Waals surface area (Å²) in [7, 11) is 1.56. The SMILES string of the molecule is C=CCn1c(CNC(=O)c2ccc(OC)cc2)nnc1SCC(=O)Nc1ccc(Br)cc1F. The summed E-state index contributed by atoms with van der Waals surface area (Å²) in [6.07, 6.45) is 1.67. The molecule has 3 aromatic rings. The molecule has 2 N–H and O–H groups in total. The van der Waals surface area contributed by atoms with Crippen molar-refractivity contribution in [3.63, 3.8) is 0 Å². The lowest BCUT2D eigenvalue weighted by Gasteiger charge is -2.10. The number of nitrogens with zero attached hydrogens (tertiary/aromatic N) is 3. The zero-order chi connectivity index (χ0) is 23.8. The lowest BCUT2D eigenvalue weighted by atomic mass is 10.2. The van der Waals surface area contributed by atoms with Gasteiger partial charge in [0, 0.05) is 16.6 Å². The first kappa shape index (κ1) is 24.5. The highest BCUT2D eigenvalue weighted by atomic mass is 79.9. The molecular weight excluding hydrogens is 513 g/mol. The Morgan fingerprint density at radius 2 is 2.00 bits per heavy atom. The van der Waals surface area contributed by atoms with E-state index >= 15 is 0 Å². The van der Waals surface area contributed by atoms with Crippen molar-refractivity contribution in [2.45, 2.75) is 18.2 Å². The molecule has 11 heteroatoms. The maximum atomic E-state index is 13.9. The van der Waals surface area contributed by atoms with Crippen LogP contribution in [0.3, 0.4) is 0 Å². The van der Waals surface area contributed by atoms with E-state index < -0.39 is 5.82 Å². The molecule has 2 amide bonds. The van der Waals surface area contributed by atoms with E-state index in [1.165, 1.54) is 12.1 Å². The number of carbonyl (C=O) groups excluding carboxylic acids is 2. The minimum atomic E-state index is -0.535. The molecule has 0 aliphatic carbocycles. The van der Waals surface area contributed by atoms with Crippen molar-refractivity contribution < 1.29 is 18.7 Å². The average molecular weight is 534 g/mol. The van der Waals surface area contributed by atoms with Crippen LogP contribution in [0.2, 0.25) is 0 Å². The normalized spacial score (nSPS) is 10.5. The Balaban J connectivity index is 1.60. The minimum Gasteiger partial charge on any atom is -0.497 e. The number of thioether (sulfide) groups is 1. The first-order valence-electron chi connectivity index (χ1n) is 9.74. The predicted octanol–water partition coefficient (Wildman–Crippen LogP) is 4.04. The quantitative estimate of drug-likeness (QED) is 0.301. The molecule has 0 bridgehead atoms. The Hall–Kier alpha value is -3.18. The van der Waals surface area contributed by atoms with Crippen molar-refractivity contribution in [3.8, 4) is 5.75 Å². The van der Waals surface area contributed by atoms with E-state index in [4.69, 9.17) is 4.74 Å². The molecule has 1 heterocycles. The van der Waals surface area contributed by atoms with Crippen molar-refractivity contribution in [1.29, 1.82) is 0 Å². The van der Waals surface area contributed by atoms with Crippen LogP contribution in [0.1, 0.15) is 16.2 Å². The Morgan fingerprint density at radius 3 is 2.67 bits per heavy atom. The fraction of sp³-hybridized carbons (Fsp3) is 0.182. The van der Waals surface area contributed by atoms with Gasteiger partial charge < -0.3 is 19.9 Å². The molecule has 172 valence electrons. The molecule has 33 heavy (non-hydrogen) atoms. The zero-order valence-electron chi connectivity index (χ0n) is 17.7. The van der Waals surface area contributed by atoms with E-state index in [2.05, 4.69) is 43.3 Å². The Labute approximate surface area is 202 Å². The Bertz CT molecular complexity index is 1150. The summed E-state index contributed by atoms with van der Waals surface area (Å²) in [5.74, 6) is -0.0141. The van der Waals surface area contributed by atoms with Crippen molar-refractivity contribution in [2.75, 3.05) is 18.2 Å². The molecule has 0 radical (unpaired) electrons. The van der Waals surface area contributed by atoms with Gasteiger partial charge >= 0.3 is 0 Å². The fourth-order valence-electron chi connectivity index (χ4n) is 2.78. The molecule has 2 aromatic carbocycles. The number of anilines is 1.